The molecule has 1 aliphatic heterocycles. The molecule has 0 radical (unpaired) electrons. The van der Waals surface area contributed by atoms with E-state index >= 15 is 0 Å². The summed E-state index contributed by atoms with van der Waals surface area (Å²) in [7, 11) is 0. The van der Waals surface area contributed by atoms with Crippen LogP contribution in [0.25, 0.3) is 63.4 Å². The van der Waals surface area contributed by atoms with Crippen LogP contribution in [0.4, 0.5) is 17.1 Å². The first-order valence-electron chi connectivity index (χ1n) is 18.8. The van der Waals surface area contributed by atoms with Crippen molar-refractivity contribution in [2.75, 3.05) is 4.90 Å². The summed E-state index contributed by atoms with van der Waals surface area (Å²) in [6, 6.07) is 66.0. The molecule has 0 saturated carbocycles. The number of para-hydroxylation sites is 2. The molecule has 0 amide bonds. The Kier molecular flexibility index (Phi) is 8.16. The second-order valence-electron chi connectivity index (χ2n) is 13.9. The van der Waals surface area contributed by atoms with Crippen LogP contribution in [0.1, 0.15) is 0 Å². The molecular weight excluding hydrogens is 737 g/mol. The maximum Gasteiger partial charge on any atom is 0.189 e. The van der Waals surface area contributed by atoms with Gasteiger partial charge >= 0.3 is 0 Å². The monoisotopic (exact) mass is 768 g/mol. The van der Waals surface area contributed by atoms with Gasteiger partial charge in [0, 0.05) is 38.7 Å². The summed E-state index contributed by atoms with van der Waals surface area (Å²) in [4.78, 5) is 10.1. The minimum absolute atomic E-state index is 0.717. The van der Waals surface area contributed by atoms with Crippen LogP contribution in [0.15, 0.2) is 194 Å². The van der Waals surface area contributed by atoms with Gasteiger partial charge in [0.2, 0.25) is 0 Å². The summed E-state index contributed by atoms with van der Waals surface area (Å²) >= 11 is 3.45. The zero-order valence-corrected chi connectivity index (χ0v) is 32.1. The highest BCUT2D eigenvalue weighted by atomic mass is 32.1. The first-order valence-corrected chi connectivity index (χ1v) is 20.5. The number of aromatic nitrogens is 1. The van der Waals surface area contributed by atoms with Crippen molar-refractivity contribution in [3.05, 3.63) is 194 Å². The molecule has 0 fully saturated rings. The fourth-order valence-corrected chi connectivity index (χ4v) is 10.0. The Morgan fingerprint density at radius 1 is 0.386 bits per heavy atom. The summed E-state index contributed by atoms with van der Waals surface area (Å²) in [5, 5.41) is 2.45. The van der Waals surface area contributed by atoms with E-state index in [0.29, 0.717) is 5.75 Å². The molecule has 0 N–H and O–H groups in total. The number of benzene rings is 7. The maximum absolute atomic E-state index is 6.59. The van der Waals surface area contributed by atoms with Crippen LogP contribution < -0.4 is 14.4 Å². The molecule has 0 unspecified atom stereocenters. The third-order valence-electron chi connectivity index (χ3n) is 10.5. The van der Waals surface area contributed by atoms with Crippen LogP contribution >= 0.6 is 22.7 Å². The topological polar surface area (TPSA) is 34.6 Å². The number of hydrogen-bond acceptors (Lipinski definition) is 6. The number of anilines is 3. The van der Waals surface area contributed by atoms with Crippen molar-refractivity contribution in [1.29, 1.82) is 0 Å². The molecule has 0 atom stereocenters. The van der Waals surface area contributed by atoms with Gasteiger partial charge in [-0.3, -0.25) is 0 Å². The number of thiophene rings is 2. The Hall–Kier alpha value is -6.99. The lowest BCUT2D eigenvalue weighted by atomic mass is 10.0. The Morgan fingerprint density at radius 3 is 1.49 bits per heavy atom. The van der Waals surface area contributed by atoms with Crippen molar-refractivity contribution in [2.24, 2.45) is 0 Å². The molecular formula is C51H32N2O2S2. The molecule has 57 heavy (non-hydrogen) atoms. The van der Waals surface area contributed by atoms with Gasteiger partial charge in [-0.1, -0.05) is 127 Å². The van der Waals surface area contributed by atoms with Crippen molar-refractivity contribution in [1.82, 2.24) is 4.98 Å². The van der Waals surface area contributed by atoms with E-state index in [1.165, 1.54) is 37.7 Å². The van der Waals surface area contributed by atoms with Gasteiger partial charge in [-0.15, -0.1) is 22.7 Å². The first kappa shape index (κ1) is 33.4. The Bertz CT molecular complexity index is 3050. The van der Waals surface area contributed by atoms with E-state index in [1.807, 2.05) is 42.6 Å². The van der Waals surface area contributed by atoms with Crippen LogP contribution in [-0.2, 0) is 0 Å². The quantitative estimate of drug-likeness (QED) is 0.162. The predicted octanol–water partition coefficient (Wildman–Crippen LogP) is 15.5. The highest BCUT2D eigenvalue weighted by Crippen LogP contribution is 2.59. The summed E-state index contributed by atoms with van der Waals surface area (Å²) in [5.74, 6) is 2.94. The van der Waals surface area contributed by atoms with Crippen molar-refractivity contribution >= 4 is 60.0 Å². The molecule has 4 heterocycles. The lowest BCUT2D eigenvalue weighted by molar-refractivity contribution is 0.364. The lowest BCUT2D eigenvalue weighted by Gasteiger charge is -2.26. The average molecular weight is 769 g/mol. The highest BCUT2D eigenvalue weighted by molar-refractivity contribution is 7.26. The molecule has 270 valence electrons. The zero-order valence-electron chi connectivity index (χ0n) is 30.5. The lowest BCUT2D eigenvalue weighted by Crippen LogP contribution is -2.09. The van der Waals surface area contributed by atoms with Gasteiger partial charge in [0.05, 0.1) is 9.75 Å². The number of hydrogen-bond donors (Lipinski definition) is 0. The molecule has 3 aromatic heterocycles. The second kappa shape index (κ2) is 13.9. The van der Waals surface area contributed by atoms with Crippen LogP contribution in [-0.4, -0.2) is 4.98 Å². The van der Waals surface area contributed by atoms with Crippen molar-refractivity contribution in [2.45, 2.75) is 0 Å². The molecule has 11 rings (SSSR count). The van der Waals surface area contributed by atoms with E-state index in [2.05, 4.69) is 162 Å². The number of rotatable bonds is 7. The highest BCUT2D eigenvalue weighted by Gasteiger charge is 2.29. The normalized spacial score (nSPS) is 11.8. The smallest absolute Gasteiger partial charge is 0.189 e. The molecule has 0 bridgehead atoms. The van der Waals surface area contributed by atoms with Gasteiger partial charge in [-0.05, 0) is 94.0 Å². The molecule has 1 aliphatic rings. The summed E-state index contributed by atoms with van der Waals surface area (Å²) in [6.07, 6.45) is 1.87. The third kappa shape index (κ3) is 5.94. The van der Waals surface area contributed by atoms with Crippen LogP contribution in [0.2, 0.25) is 0 Å². The Morgan fingerprint density at radius 2 is 0.877 bits per heavy atom. The van der Waals surface area contributed by atoms with E-state index in [-0.39, 0.29) is 0 Å². The number of ether oxygens (including phenoxy) is 2. The maximum atomic E-state index is 6.59. The number of fused-ring (bicyclic) bond motifs is 5. The molecule has 6 heteroatoms. The molecule has 0 saturated heterocycles. The minimum Gasteiger partial charge on any atom is -0.448 e. The molecule has 7 aromatic carbocycles. The average Bonchev–Trinajstić information content (AvgIpc) is 3.86. The fraction of sp³-hybridized carbons (Fsp3) is 0. The predicted molar refractivity (Wildman–Crippen MR) is 238 cm³/mol. The summed E-state index contributed by atoms with van der Waals surface area (Å²) in [6.45, 7) is 0. The van der Waals surface area contributed by atoms with Gasteiger partial charge in [0.1, 0.15) is 4.83 Å². The van der Waals surface area contributed by atoms with Gasteiger partial charge in [-0.2, -0.15) is 0 Å². The van der Waals surface area contributed by atoms with Crippen LogP contribution in [0.5, 0.6) is 23.0 Å². The summed E-state index contributed by atoms with van der Waals surface area (Å²) in [5.41, 5.74) is 10.1. The van der Waals surface area contributed by atoms with E-state index < -0.39 is 0 Å². The Balaban J connectivity index is 0.991. The standard InChI is InChI=1S/C51H32N2O2S2/c1-3-11-33(12-4-1)34-20-26-38(27-21-34)53(39-28-22-35(23-29-39)41-15-9-16-42-43-17-10-32-52-51(43)57-50(41)42)40-30-24-37(25-31-40)49-47-46(48(56-49)36-13-5-2-6-14-36)54-44-18-7-8-19-45(44)55-47/h1-32H. The third-order valence-corrected chi connectivity index (χ3v) is 12.9. The SMILES string of the molecule is c1ccc(-c2ccc(N(c3ccc(-c4sc(-c5ccccc5)c5c4Oc4ccccc4O5)cc3)c3ccc(-c4cccc5c4sc4ncccc45)cc3)cc2)cc1. The molecule has 0 spiro atoms. The minimum atomic E-state index is 0.717. The van der Waals surface area contributed by atoms with E-state index in [0.717, 1.165) is 60.0 Å². The molecule has 10 aromatic rings. The van der Waals surface area contributed by atoms with Crippen molar-refractivity contribution in [3.63, 3.8) is 0 Å². The van der Waals surface area contributed by atoms with Crippen molar-refractivity contribution < 1.29 is 9.47 Å². The van der Waals surface area contributed by atoms with Crippen LogP contribution in [0.3, 0.4) is 0 Å². The van der Waals surface area contributed by atoms with E-state index in [4.69, 9.17) is 9.47 Å². The van der Waals surface area contributed by atoms with E-state index in [1.54, 1.807) is 22.7 Å². The molecule has 4 nitrogen and oxygen atoms in total. The van der Waals surface area contributed by atoms with E-state index in [9.17, 15) is 0 Å². The summed E-state index contributed by atoms with van der Waals surface area (Å²) < 4.78 is 14.4. The Labute approximate surface area is 338 Å². The van der Waals surface area contributed by atoms with Crippen LogP contribution in [0, 0.1) is 0 Å². The van der Waals surface area contributed by atoms with Gasteiger partial charge in [-0.25, -0.2) is 4.98 Å². The van der Waals surface area contributed by atoms with Gasteiger partial charge in [0.25, 0.3) is 0 Å². The zero-order chi connectivity index (χ0) is 37.7. The number of pyridine rings is 1. The second-order valence-corrected chi connectivity index (χ2v) is 15.9. The van der Waals surface area contributed by atoms with Gasteiger partial charge in [0.15, 0.2) is 23.0 Å². The molecule has 0 aliphatic carbocycles. The fourth-order valence-electron chi connectivity index (χ4n) is 7.69. The van der Waals surface area contributed by atoms with Gasteiger partial charge < -0.3 is 14.4 Å². The van der Waals surface area contributed by atoms with Crippen molar-refractivity contribution in [3.8, 4) is 66.1 Å². The first-order chi connectivity index (χ1) is 28.2. The largest absolute Gasteiger partial charge is 0.448 e. The number of nitrogens with zero attached hydrogens (tertiary/aromatic N) is 2.